The summed E-state index contributed by atoms with van der Waals surface area (Å²) >= 11 is 1.62. The molecule has 3 heterocycles. The molecule has 0 N–H and O–H groups in total. The van der Waals surface area contributed by atoms with E-state index >= 15 is 0 Å². The van der Waals surface area contributed by atoms with Crippen LogP contribution in [0.15, 0.2) is 41.9 Å². The molecule has 1 amide bonds. The van der Waals surface area contributed by atoms with Crippen molar-refractivity contribution in [1.82, 2.24) is 14.5 Å². The molecular weight excluding hydrogens is 310 g/mol. The Morgan fingerprint density at radius 2 is 2.43 bits per heavy atom. The summed E-state index contributed by atoms with van der Waals surface area (Å²) in [4.78, 5) is 19.0. The molecule has 1 aliphatic rings. The number of hydrogen-bond donors (Lipinski definition) is 0. The van der Waals surface area contributed by atoms with Crippen molar-refractivity contribution in [2.45, 2.75) is 19.5 Å². The van der Waals surface area contributed by atoms with Gasteiger partial charge in [0.15, 0.2) is 0 Å². The van der Waals surface area contributed by atoms with E-state index in [4.69, 9.17) is 4.74 Å². The van der Waals surface area contributed by atoms with Crippen LogP contribution in [0.1, 0.15) is 11.4 Å². The van der Waals surface area contributed by atoms with Gasteiger partial charge in [-0.15, -0.1) is 6.58 Å². The maximum atomic E-state index is 12.7. The molecule has 0 spiro atoms. The van der Waals surface area contributed by atoms with Gasteiger partial charge in [0.25, 0.3) is 0 Å². The highest BCUT2D eigenvalue weighted by Crippen LogP contribution is 2.18. The summed E-state index contributed by atoms with van der Waals surface area (Å²) in [6, 6.07) is 2.01. The summed E-state index contributed by atoms with van der Waals surface area (Å²) in [5.41, 5.74) is 1.08. The number of amides is 1. The van der Waals surface area contributed by atoms with Crippen LogP contribution in [0.4, 0.5) is 0 Å². The molecule has 0 aliphatic carbocycles. The molecule has 23 heavy (non-hydrogen) atoms. The summed E-state index contributed by atoms with van der Waals surface area (Å²) in [6.45, 7) is 6.91. The van der Waals surface area contributed by atoms with Crippen molar-refractivity contribution < 1.29 is 9.53 Å². The Labute approximate surface area is 140 Å². The Hall–Kier alpha value is -1.92. The minimum Gasteiger partial charge on any atom is -0.377 e. The smallest absolute Gasteiger partial charge is 0.227 e. The number of rotatable bonds is 6. The lowest BCUT2D eigenvalue weighted by Crippen LogP contribution is -2.36. The lowest BCUT2D eigenvalue weighted by atomic mass is 10.1. The Kier molecular flexibility index (Phi) is 5.25. The highest BCUT2D eigenvalue weighted by molar-refractivity contribution is 7.07. The maximum absolute atomic E-state index is 12.7. The van der Waals surface area contributed by atoms with E-state index < -0.39 is 0 Å². The van der Waals surface area contributed by atoms with Crippen molar-refractivity contribution in [3.8, 4) is 0 Å². The second-order valence-corrected chi connectivity index (χ2v) is 6.55. The van der Waals surface area contributed by atoms with E-state index in [9.17, 15) is 4.79 Å². The van der Waals surface area contributed by atoms with Crippen LogP contribution < -0.4 is 0 Å². The molecule has 2 aromatic rings. The highest BCUT2D eigenvalue weighted by atomic mass is 32.1. The van der Waals surface area contributed by atoms with Gasteiger partial charge in [0.2, 0.25) is 5.91 Å². The molecule has 0 aromatic carbocycles. The van der Waals surface area contributed by atoms with Crippen molar-refractivity contribution in [3.05, 3.63) is 53.3 Å². The second kappa shape index (κ2) is 7.57. The van der Waals surface area contributed by atoms with Gasteiger partial charge in [-0.25, -0.2) is 4.98 Å². The number of ether oxygens (including phenoxy) is 1. The van der Waals surface area contributed by atoms with Gasteiger partial charge in [-0.1, -0.05) is 6.08 Å². The van der Waals surface area contributed by atoms with E-state index in [0.29, 0.717) is 32.7 Å². The zero-order valence-corrected chi connectivity index (χ0v) is 13.9. The van der Waals surface area contributed by atoms with E-state index in [0.717, 1.165) is 17.9 Å². The molecule has 1 atom stereocenters. The lowest BCUT2D eigenvalue weighted by molar-refractivity contribution is -0.131. The number of aromatic nitrogens is 2. The fraction of sp³-hybridized carbons (Fsp3) is 0.412. The average molecular weight is 331 g/mol. The van der Waals surface area contributed by atoms with E-state index in [1.54, 1.807) is 23.6 Å². The maximum Gasteiger partial charge on any atom is 0.227 e. The first-order chi connectivity index (χ1) is 11.3. The molecule has 5 nitrogen and oxygen atoms in total. The number of thiophene rings is 1. The van der Waals surface area contributed by atoms with E-state index in [1.165, 1.54) is 0 Å². The van der Waals surface area contributed by atoms with Crippen LogP contribution in [0.2, 0.25) is 0 Å². The van der Waals surface area contributed by atoms with Gasteiger partial charge in [0, 0.05) is 31.4 Å². The van der Waals surface area contributed by atoms with Crippen LogP contribution >= 0.6 is 11.3 Å². The zero-order chi connectivity index (χ0) is 16.1. The third-order valence-electron chi connectivity index (χ3n) is 3.94. The van der Waals surface area contributed by atoms with Crippen LogP contribution in [0.5, 0.6) is 0 Å². The van der Waals surface area contributed by atoms with Crippen molar-refractivity contribution in [2.24, 2.45) is 5.92 Å². The Morgan fingerprint density at radius 3 is 3.22 bits per heavy atom. The second-order valence-electron chi connectivity index (χ2n) is 5.77. The van der Waals surface area contributed by atoms with Crippen LogP contribution in [0, 0.1) is 5.92 Å². The summed E-state index contributed by atoms with van der Waals surface area (Å²) in [5, 5.41) is 4.03. The number of fused-ring (bicyclic) bond motifs is 1. The minimum absolute atomic E-state index is 0.147. The Morgan fingerprint density at radius 1 is 1.52 bits per heavy atom. The monoisotopic (exact) mass is 331 g/mol. The first-order valence-corrected chi connectivity index (χ1v) is 8.68. The molecular formula is C17H21N3O2S. The lowest BCUT2D eigenvalue weighted by Gasteiger charge is -2.24. The average Bonchev–Trinajstić information content (AvgIpc) is 3.16. The van der Waals surface area contributed by atoms with Crippen molar-refractivity contribution in [2.75, 3.05) is 19.8 Å². The summed E-state index contributed by atoms with van der Waals surface area (Å²) in [6.07, 6.45) is 5.97. The quantitative estimate of drug-likeness (QED) is 0.603. The molecule has 0 saturated heterocycles. The van der Waals surface area contributed by atoms with Gasteiger partial charge < -0.3 is 14.2 Å². The SMILES string of the molecule is C=CCOC[C@H]1CN(C(=O)Cc2ccsc2)Cc2nccn2C1. The largest absolute Gasteiger partial charge is 0.377 e. The standard InChI is InChI=1S/C17H21N3O2S/c1-2-6-22-12-15-9-19-5-4-18-16(19)11-20(10-15)17(21)8-14-3-7-23-13-14/h2-5,7,13,15H,1,6,8-12H2/t15-/m1/s1. The molecule has 3 rings (SSSR count). The molecule has 6 heteroatoms. The molecule has 0 fully saturated rings. The highest BCUT2D eigenvalue weighted by Gasteiger charge is 2.25. The minimum atomic E-state index is 0.147. The van der Waals surface area contributed by atoms with Crippen LogP contribution in [-0.2, 0) is 29.0 Å². The van der Waals surface area contributed by atoms with Gasteiger partial charge in [-0.05, 0) is 22.4 Å². The molecule has 122 valence electrons. The summed E-state index contributed by atoms with van der Waals surface area (Å²) in [5.74, 6) is 1.35. The first kappa shape index (κ1) is 16.0. The van der Waals surface area contributed by atoms with Crippen molar-refractivity contribution in [3.63, 3.8) is 0 Å². The van der Waals surface area contributed by atoms with Gasteiger partial charge in [0.05, 0.1) is 26.2 Å². The normalized spacial score (nSPS) is 17.6. The Bertz CT molecular complexity index is 651. The van der Waals surface area contributed by atoms with Crippen molar-refractivity contribution in [1.29, 1.82) is 0 Å². The Balaban J connectivity index is 1.70. The van der Waals surface area contributed by atoms with Gasteiger partial charge in [-0.3, -0.25) is 4.79 Å². The number of carbonyl (C=O) groups is 1. The number of carbonyl (C=O) groups excluding carboxylic acids is 1. The molecule has 0 saturated carbocycles. The van der Waals surface area contributed by atoms with Gasteiger partial charge in [0.1, 0.15) is 5.82 Å². The topological polar surface area (TPSA) is 47.4 Å². The molecule has 0 radical (unpaired) electrons. The molecule has 1 aliphatic heterocycles. The molecule has 0 bridgehead atoms. The summed E-state index contributed by atoms with van der Waals surface area (Å²) < 4.78 is 7.74. The van der Waals surface area contributed by atoms with Crippen molar-refractivity contribution >= 4 is 17.2 Å². The van der Waals surface area contributed by atoms with E-state index in [-0.39, 0.29) is 11.8 Å². The van der Waals surface area contributed by atoms with Crippen LogP contribution in [0.3, 0.4) is 0 Å². The number of nitrogens with zero attached hydrogens (tertiary/aromatic N) is 3. The van der Waals surface area contributed by atoms with E-state index in [2.05, 4.69) is 16.1 Å². The predicted octanol–water partition coefficient (Wildman–Crippen LogP) is 2.35. The third-order valence-corrected chi connectivity index (χ3v) is 4.68. The number of imidazole rings is 1. The van der Waals surface area contributed by atoms with Gasteiger partial charge >= 0.3 is 0 Å². The zero-order valence-electron chi connectivity index (χ0n) is 13.1. The van der Waals surface area contributed by atoms with Crippen LogP contribution in [-0.4, -0.2) is 40.1 Å². The van der Waals surface area contributed by atoms with Gasteiger partial charge in [-0.2, -0.15) is 11.3 Å². The molecule has 2 aromatic heterocycles. The van der Waals surface area contributed by atoms with E-state index in [1.807, 2.05) is 27.9 Å². The predicted molar refractivity (Wildman–Crippen MR) is 90.2 cm³/mol. The van der Waals surface area contributed by atoms with Crippen LogP contribution in [0.25, 0.3) is 0 Å². The molecule has 0 unspecified atom stereocenters. The summed E-state index contributed by atoms with van der Waals surface area (Å²) in [7, 11) is 0. The fourth-order valence-electron chi connectivity index (χ4n) is 2.83. The fourth-order valence-corrected chi connectivity index (χ4v) is 3.50. The number of hydrogen-bond acceptors (Lipinski definition) is 4. The first-order valence-electron chi connectivity index (χ1n) is 7.73. The third kappa shape index (κ3) is 4.09.